The van der Waals surface area contributed by atoms with E-state index in [9.17, 15) is 9.18 Å². The van der Waals surface area contributed by atoms with Crippen molar-refractivity contribution < 1.29 is 9.18 Å². The molecule has 0 aliphatic carbocycles. The van der Waals surface area contributed by atoms with Crippen LogP contribution < -0.4 is 0 Å². The number of carbonyl (C=O) groups is 1. The van der Waals surface area contributed by atoms with Crippen LogP contribution in [0.15, 0.2) is 0 Å². The van der Waals surface area contributed by atoms with E-state index in [0.29, 0.717) is 13.1 Å². The maximum Gasteiger partial charge on any atom is 0.259 e. The first-order valence-corrected chi connectivity index (χ1v) is 4.57. The van der Waals surface area contributed by atoms with Crippen LogP contribution in [-0.4, -0.2) is 35.4 Å². The van der Waals surface area contributed by atoms with Gasteiger partial charge in [-0.25, -0.2) is 4.39 Å². The van der Waals surface area contributed by atoms with Crippen molar-refractivity contribution in [3.05, 3.63) is 0 Å². The van der Waals surface area contributed by atoms with Gasteiger partial charge in [0, 0.05) is 25.9 Å². The molecule has 1 aliphatic heterocycles. The molecule has 1 aliphatic rings. The van der Waals surface area contributed by atoms with E-state index in [2.05, 4.69) is 4.90 Å². The van der Waals surface area contributed by atoms with Gasteiger partial charge in [-0.2, -0.15) is 0 Å². The highest BCUT2D eigenvalue weighted by atomic mass is 35.5. The summed E-state index contributed by atoms with van der Waals surface area (Å²) >= 11 is 5.16. The van der Waals surface area contributed by atoms with Gasteiger partial charge in [0.15, 0.2) is 5.67 Å². The molecule has 0 N–H and O–H groups in total. The lowest BCUT2D eigenvalue weighted by Crippen LogP contribution is -2.44. The minimum Gasteiger partial charge on any atom is -0.303 e. The first-order valence-electron chi connectivity index (χ1n) is 4.19. The number of rotatable bonds is 2. The zero-order valence-corrected chi connectivity index (χ0v) is 7.90. The molecule has 0 aromatic carbocycles. The summed E-state index contributed by atoms with van der Waals surface area (Å²) in [5, 5.41) is -0.835. The Balaban J connectivity index is 2.49. The number of alkyl halides is 1. The number of hydrogen-bond donors (Lipinski definition) is 0. The van der Waals surface area contributed by atoms with Crippen molar-refractivity contribution in [3.63, 3.8) is 0 Å². The number of nitrogens with zero attached hydrogens (tertiary/aromatic N) is 1. The molecule has 0 spiro atoms. The van der Waals surface area contributed by atoms with Crippen LogP contribution in [0.1, 0.15) is 19.8 Å². The standard InChI is InChI=1S/C8H13ClFNO/c1-2-11-5-3-8(10,4-6-11)7(9)12/h2-6H2,1H3. The molecule has 0 unspecified atom stereocenters. The van der Waals surface area contributed by atoms with Crippen molar-refractivity contribution in [1.82, 2.24) is 4.90 Å². The molecule has 2 nitrogen and oxygen atoms in total. The molecule has 0 aromatic heterocycles. The van der Waals surface area contributed by atoms with Crippen LogP contribution >= 0.6 is 11.6 Å². The second kappa shape index (κ2) is 3.71. The summed E-state index contributed by atoms with van der Waals surface area (Å²) in [5.41, 5.74) is -1.76. The molecular weight excluding hydrogens is 181 g/mol. The highest BCUT2D eigenvalue weighted by Crippen LogP contribution is 2.28. The van der Waals surface area contributed by atoms with Crippen molar-refractivity contribution >= 4 is 16.8 Å². The SMILES string of the molecule is CCN1CCC(F)(C(=O)Cl)CC1. The lowest BCUT2D eigenvalue weighted by atomic mass is 9.95. The molecular formula is C8H13ClFNO. The summed E-state index contributed by atoms with van der Waals surface area (Å²) in [6, 6.07) is 0. The van der Waals surface area contributed by atoms with E-state index in [-0.39, 0.29) is 12.8 Å². The topological polar surface area (TPSA) is 20.3 Å². The number of piperidine rings is 1. The van der Waals surface area contributed by atoms with Crippen molar-refractivity contribution in [2.24, 2.45) is 0 Å². The van der Waals surface area contributed by atoms with Crippen LogP contribution in [0.2, 0.25) is 0 Å². The van der Waals surface area contributed by atoms with E-state index in [0.717, 1.165) is 6.54 Å². The monoisotopic (exact) mass is 193 g/mol. The number of hydrogen-bond acceptors (Lipinski definition) is 2. The second-order valence-corrected chi connectivity index (χ2v) is 3.52. The second-order valence-electron chi connectivity index (χ2n) is 3.17. The first-order chi connectivity index (χ1) is 5.58. The molecule has 0 atom stereocenters. The van der Waals surface area contributed by atoms with Crippen molar-refractivity contribution in [2.75, 3.05) is 19.6 Å². The summed E-state index contributed by atoms with van der Waals surface area (Å²) in [6.45, 7) is 4.19. The van der Waals surface area contributed by atoms with Crippen LogP contribution in [0.5, 0.6) is 0 Å². The van der Waals surface area contributed by atoms with Crippen LogP contribution in [0.25, 0.3) is 0 Å². The van der Waals surface area contributed by atoms with Gasteiger partial charge in [0.05, 0.1) is 0 Å². The van der Waals surface area contributed by atoms with Gasteiger partial charge in [-0.3, -0.25) is 4.79 Å². The Morgan fingerprint density at radius 1 is 1.58 bits per heavy atom. The van der Waals surface area contributed by atoms with Crippen LogP contribution in [-0.2, 0) is 4.79 Å². The molecule has 0 radical (unpaired) electrons. The summed E-state index contributed by atoms with van der Waals surface area (Å²) in [7, 11) is 0. The molecule has 0 amide bonds. The van der Waals surface area contributed by atoms with Gasteiger partial charge in [0.1, 0.15) is 0 Å². The molecule has 0 aromatic rings. The molecule has 1 heterocycles. The maximum atomic E-state index is 13.5. The molecule has 70 valence electrons. The van der Waals surface area contributed by atoms with E-state index >= 15 is 0 Å². The fourth-order valence-corrected chi connectivity index (χ4v) is 1.61. The third-order valence-corrected chi connectivity index (χ3v) is 2.79. The predicted octanol–water partition coefficient (Wildman–Crippen LogP) is 1.58. The number of halogens is 2. The molecule has 0 saturated carbocycles. The van der Waals surface area contributed by atoms with Crippen LogP contribution in [0.3, 0.4) is 0 Å². The Labute approximate surface area is 76.7 Å². The Kier molecular flexibility index (Phi) is 3.07. The van der Waals surface area contributed by atoms with Gasteiger partial charge in [0.2, 0.25) is 0 Å². The summed E-state index contributed by atoms with van der Waals surface area (Å²) in [4.78, 5) is 12.8. The largest absolute Gasteiger partial charge is 0.303 e. The van der Waals surface area contributed by atoms with Gasteiger partial charge >= 0.3 is 0 Å². The fourth-order valence-electron chi connectivity index (χ4n) is 1.42. The Morgan fingerprint density at radius 2 is 2.08 bits per heavy atom. The molecule has 1 fully saturated rings. The van der Waals surface area contributed by atoms with E-state index in [1.165, 1.54) is 0 Å². The van der Waals surface area contributed by atoms with Gasteiger partial charge in [-0.15, -0.1) is 0 Å². The third kappa shape index (κ3) is 1.96. The van der Waals surface area contributed by atoms with Crippen LogP contribution in [0, 0.1) is 0 Å². The van der Waals surface area contributed by atoms with Gasteiger partial charge < -0.3 is 4.90 Å². The molecule has 0 bridgehead atoms. The van der Waals surface area contributed by atoms with E-state index < -0.39 is 10.9 Å². The molecule has 4 heteroatoms. The lowest BCUT2D eigenvalue weighted by Gasteiger charge is -2.33. The van der Waals surface area contributed by atoms with Crippen molar-refractivity contribution in [1.29, 1.82) is 0 Å². The highest BCUT2D eigenvalue weighted by molar-refractivity contribution is 6.65. The van der Waals surface area contributed by atoms with Gasteiger partial charge in [-0.1, -0.05) is 6.92 Å². The average Bonchev–Trinajstić information content (AvgIpc) is 2.06. The maximum absolute atomic E-state index is 13.5. The van der Waals surface area contributed by atoms with Crippen molar-refractivity contribution in [2.45, 2.75) is 25.4 Å². The van der Waals surface area contributed by atoms with Crippen molar-refractivity contribution in [3.8, 4) is 0 Å². The minimum absolute atomic E-state index is 0.239. The Hall–Kier alpha value is -0.150. The smallest absolute Gasteiger partial charge is 0.259 e. The van der Waals surface area contributed by atoms with Gasteiger partial charge in [-0.05, 0) is 18.1 Å². The van der Waals surface area contributed by atoms with E-state index in [1.807, 2.05) is 6.92 Å². The Bertz CT molecular complexity index is 178. The molecule has 12 heavy (non-hydrogen) atoms. The van der Waals surface area contributed by atoms with Crippen LogP contribution in [0.4, 0.5) is 4.39 Å². The predicted molar refractivity (Wildman–Crippen MR) is 46.0 cm³/mol. The third-order valence-electron chi connectivity index (χ3n) is 2.45. The molecule has 1 rings (SSSR count). The Morgan fingerprint density at radius 3 is 2.42 bits per heavy atom. The summed E-state index contributed by atoms with van der Waals surface area (Å²) in [5.74, 6) is 0. The average molecular weight is 194 g/mol. The highest BCUT2D eigenvalue weighted by Gasteiger charge is 2.40. The minimum atomic E-state index is -1.76. The van der Waals surface area contributed by atoms with E-state index in [1.54, 1.807) is 0 Å². The normalized spacial score (nSPS) is 23.9. The quantitative estimate of drug-likeness (QED) is 0.621. The number of carbonyl (C=O) groups excluding carboxylic acids is 1. The van der Waals surface area contributed by atoms with Gasteiger partial charge in [0.25, 0.3) is 5.24 Å². The summed E-state index contributed by atoms with van der Waals surface area (Å²) in [6.07, 6.45) is 0.479. The zero-order chi connectivity index (χ0) is 9.19. The number of likely N-dealkylation sites (tertiary alicyclic amines) is 1. The fraction of sp³-hybridized carbons (Fsp3) is 0.875. The summed E-state index contributed by atoms with van der Waals surface area (Å²) < 4.78 is 13.5. The lowest BCUT2D eigenvalue weighted by molar-refractivity contribution is -0.125. The molecule has 1 saturated heterocycles. The zero-order valence-electron chi connectivity index (χ0n) is 7.15. The first kappa shape index (κ1) is 9.93. The van der Waals surface area contributed by atoms with E-state index in [4.69, 9.17) is 11.6 Å².